The minimum absolute atomic E-state index is 0.0485. The van der Waals surface area contributed by atoms with Crippen molar-refractivity contribution in [1.82, 2.24) is 20.4 Å². The summed E-state index contributed by atoms with van der Waals surface area (Å²) in [5.41, 5.74) is 2.75. The monoisotopic (exact) mass is 826 g/mol. The molecule has 2 aliphatic rings. The highest BCUT2D eigenvalue weighted by molar-refractivity contribution is 5.95. The molecule has 4 N–H and O–H groups in total. The Kier molecular flexibility index (Phi) is 19.5. The first-order valence-corrected chi connectivity index (χ1v) is 20.1. The highest BCUT2D eigenvalue weighted by Crippen LogP contribution is 2.18. The third-order valence-corrected chi connectivity index (χ3v) is 9.98. The van der Waals surface area contributed by atoms with Gasteiger partial charge in [0.15, 0.2) is 0 Å². The molecule has 322 valence electrons. The standard InChI is InChI=1S/C20H18O10.2C13H20N2/c1-27-13-7-3-11(4-8-13)19(25)29-15(17(21)22)16(18(23)24)30-20(26)12-5-9-14(28-2)10-6-12;2*1-12-7-9-15(10-8-14-12)11-13-5-3-2-4-6-13/h3-10,15-16H,1-2H3,(H,21,22)(H,23,24);2*2-6,12,14H,7-11H2,1H3/t15-,16-;2*12-/m011/s1. The maximum atomic E-state index is 12.2. The summed E-state index contributed by atoms with van der Waals surface area (Å²) < 4.78 is 19.5. The van der Waals surface area contributed by atoms with Crippen molar-refractivity contribution < 1.29 is 48.3 Å². The van der Waals surface area contributed by atoms with Crippen molar-refractivity contribution in [2.75, 3.05) is 53.5 Å². The lowest BCUT2D eigenvalue weighted by Crippen LogP contribution is -2.45. The number of hydrogen-bond acceptors (Lipinski definition) is 12. The van der Waals surface area contributed by atoms with Gasteiger partial charge in [-0.2, -0.15) is 0 Å². The van der Waals surface area contributed by atoms with Gasteiger partial charge in [-0.25, -0.2) is 19.2 Å². The highest BCUT2D eigenvalue weighted by atomic mass is 16.6. The molecule has 0 aliphatic carbocycles. The van der Waals surface area contributed by atoms with Crippen LogP contribution < -0.4 is 20.1 Å². The van der Waals surface area contributed by atoms with Crippen molar-refractivity contribution in [3.63, 3.8) is 0 Å². The van der Waals surface area contributed by atoms with Crippen molar-refractivity contribution in [1.29, 1.82) is 0 Å². The maximum Gasteiger partial charge on any atom is 0.349 e. The van der Waals surface area contributed by atoms with E-state index < -0.39 is 36.1 Å². The van der Waals surface area contributed by atoms with E-state index >= 15 is 0 Å². The number of aliphatic carboxylic acids is 2. The summed E-state index contributed by atoms with van der Waals surface area (Å²) in [4.78, 5) is 52.6. The quantitative estimate of drug-likeness (QED) is 0.127. The second kappa shape index (κ2) is 25.0. The van der Waals surface area contributed by atoms with Crippen LogP contribution in [-0.4, -0.2) is 122 Å². The molecule has 14 heteroatoms. The molecule has 0 unspecified atom stereocenters. The zero-order valence-electron chi connectivity index (χ0n) is 34.8. The molecular weight excluding hydrogens is 769 g/mol. The van der Waals surface area contributed by atoms with E-state index in [2.05, 4.69) is 94.9 Å². The van der Waals surface area contributed by atoms with Gasteiger partial charge in [0.2, 0.25) is 12.2 Å². The van der Waals surface area contributed by atoms with Crippen LogP contribution in [0, 0.1) is 0 Å². The predicted octanol–water partition coefficient (Wildman–Crippen LogP) is 5.36. The lowest BCUT2D eigenvalue weighted by Gasteiger charge is -2.21. The van der Waals surface area contributed by atoms with Crippen molar-refractivity contribution in [3.05, 3.63) is 131 Å². The smallest absolute Gasteiger partial charge is 0.349 e. The SMILES string of the molecule is COc1ccc(C(=O)O[C@H](C(=O)O)[C@H](OC(=O)c2ccc(OC)cc2)C(=O)O)cc1.C[C@@H]1CCN(Cc2ccccc2)CCN1.C[C@@H]1CCN(Cc2ccccc2)CCN1. The first-order chi connectivity index (χ1) is 28.9. The first-order valence-electron chi connectivity index (χ1n) is 20.1. The molecule has 4 atom stereocenters. The van der Waals surface area contributed by atoms with E-state index in [1.165, 1.54) is 113 Å². The molecule has 2 fully saturated rings. The summed E-state index contributed by atoms with van der Waals surface area (Å²) in [7, 11) is 2.84. The number of benzene rings is 4. The van der Waals surface area contributed by atoms with Gasteiger partial charge in [0.05, 0.1) is 25.3 Å². The number of nitrogens with zero attached hydrogens (tertiary/aromatic N) is 2. The molecule has 14 nitrogen and oxygen atoms in total. The van der Waals surface area contributed by atoms with Gasteiger partial charge in [-0.1, -0.05) is 60.7 Å². The van der Waals surface area contributed by atoms with Crippen LogP contribution in [0.3, 0.4) is 0 Å². The van der Waals surface area contributed by atoms with E-state index in [0.717, 1.165) is 26.2 Å². The summed E-state index contributed by atoms with van der Waals surface area (Å²) >= 11 is 0. The fourth-order valence-corrected chi connectivity index (χ4v) is 6.42. The van der Waals surface area contributed by atoms with Crippen molar-refractivity contribution >= 4 is 23.9 Å². The fourth-order valence-electron chi connectivity index (χ4n) is 6.42. The van der Waals surface area contributed by atoms with E-state index in [9.17, 15) is 29.4 Å². The Labute approximate surface area is 352 Å². The Bertz CT molecular complexity index is 1760. The largest absolute Gasteiger partial charge is 0.497 e. The molecule has 4 aromatic carbocycles. The fraction of sp³-hybridized carbons (Fsp3) is 0.391. The van der Waals surface area contributed by atoms with Crippen LogP contribution in [0.25, 0.3) is 0 Å². The lowest BCUT2D eigenvalue weighted by molar-refractivity contribution is -0.166. The van der Waals surface area contributed by atoms with Crippen molar-refractivity contribution in [2.45, 2.75) is 64.1 Å². The molecule has 4 aromatic rings. The lowest BCUT2D eigenvalue weighted by atomic mass is 10.1. The molecule has 0 spiro atoms. The Morgan fingerprint density at radius 1 is 0.567 bits per heavy atom. The number of rotatable bonds is 13. The van der Waals surface area contributed by atoms with Crippen LogP contribution in [0.15, 0.2) is 109 Å². The van der Waals surface area contributed by atoms with E-state index in [1.807, 2.05) is 0 Å². The molecular formula is C46H58N4O10. The zero-order valence-corrected chi connectivity index (χ0v) is 34.8. The summed E-state index contributed by atoms with van der Waals surface area (Å²) in [5, 5.41) is 25.7. The van der Waals surface area contributed by atoms with Crippen LogP contribution in [0.4, 0.5) is 0 Å². The Balaban J connectivity index is 0.000000220. The van der Waals surface area contributed by atoms with Crippen LogP contribution in [0.1, 0.15) is 58.5 Å². The number of carboxylic acids is 2. The Morgan fingerprint density at radius 2 is 0.917 bits per heavy atom. The van der Waals surface area contributed by atoms with E-state index in [-0.39, 0.29) is 11.1 Å². The molecule has 0 saturated carbocycles. The Morgan fingerprint density at radius 3 is 1.23 bits per heavy atom. The second-order valence-electron chi connectivity index (χ2n) is 14.6. The number of esters is 2. The molecule has 2 heterocycles. The highest BCUT2D eigenvalue weighted by Gasteiger charge is 2.41. The summed E-state index contributed by atoms with van der Waals surface area (Å²) in [5.74, 6) is -4.94. The Hall–Kier alpha value is -5.80. The summed E-state index contributed by atoms with van der Waals surface area (Å²) in [6, 6.07) is 33.8. The first kappa shape index (κ1) is 46.9. The van der Waals surface area contributed by atoms with Crippen molar-refractivity contribution in [2.24, 2.45) is 0 Å². The minimum atomic E-state index is -2.28. The summed E-state index contributed by atoms with van der Waals surface area (Å²) in [6.45, 7) is 13.7. The normalized spacial score (nSPS) is 17.9. The number of carboxylic acid groups (broad SMARTS) is 2. The predicted molar refractivity (Wildman–Crippen MR) is 227 cm³/mol. The molecule has 2 saturated heterocycles. The number of ether oxygens (including phenoxy) is 4. The van der Waals surface area contributed by atoms with Gasteiger partial charge in [0.25, 0.3) is 0 Å². The molecule has 0 aromatic heterocycles. The van der Waals surface area contributed by atoms with Gasteiger partial charge in [-0.15, -0.1) is 0 Å². The van der Waals surface area contributed by atoms with Crippen LogP contribution in [-0.2, 0) is 32.2 Å². The molecule has 0 amide bonds. The molecule has 60 heavy (non-hydrogen) atoms. The van der Waals surface area contributed by atoms with Crippen molar-refractivity contribution in [3.8, 4) is 11.5 Å². The number of methoxy groups -OCH3 is 2. The average Bonchev–Trinajstić information content (AvgIpc) is 3.60. The van der Waals surface area contributed by atoms with E-state index in [0.29, 0.717) is 23.6 Å². The molecule has 0 radical (unpaired) electrons. The van der Waals surface area contributed by atoms with Gasteiger partial charge in [0.1, 0.15) is 11.5 Å². The van der Waals surface area contributed by atoms with Gasteiger partial charge in [-0.05, 0) is 86.3 Å². The summed E-state index contributed by atoms with van der Waals surface area (Å²) in [6.07, 6.45) is -2.04. The third kappa shape index (κ3) is 16.1. The van der Waals surface area contributed by atoms with Gasteiger partial charge >= 0.3 is 23.9 Å². The van der Waals surface area contributed by atoms with Crippen LogP contribution in [0.5, 0.6) is 11.5 Å². The van der Waals surface area contributed by atoms with Crippen LogP contribution >= 0.6 is 0 Å². The number of carbonyl (C=O) groups excluding carboxylic acids is 2. The minimum Gasteiger partial charge on any atom is -0.497 e. The maximum absolute atomic E-state index is 12.2. The van der Waals surface area contributed by atoms with Gasteiger partial charge < -0.3 is 39.8 Å². The number of carbonyl (C=O) groups is 4. The molecule has 0 bridgehead atoms. The molecule has 6 rings (SSSR count). The average molecular weight is 827 g/mol. The van der Waals surface area contributed by atoms with Gasteiger partial charge in [0, 0.05) is 64.4 Å². The van der Waals surface area contributed by atoms with Crippen LogP contribution in [0.2, 0.25) is 0 Å². The molecule has 2 aliphatic heterocycles. The van der Waals surface area contributed by atoms with Gasteiger partial charge in [-0.3, -0.25) is 9.80 Å². The number of nitrogens with one attached hydrogen (secondary N) is 2. The topological polar surface area (TPSA) is 176 Å². The second-order valence-corrected chi connectivity index (χ2v) is 14.6. The number of hydrogen-bond donors (Lipinski definition) is 4. The van der Waals surface area contributed by atoms with E-state index in [4.69, 9.17) is 18.9 Å². The zero-order chi connectivity index (χ0) is 43.3. The third-order valence-electron chi connectivity index (χ3n) is 9.98. The van der Waals surface area contributed by atoms with E-state index in [1.54, 1.807) is 0 Å².